The minimum Gasteiger partial charge on any atom is -0.479 e. The van der Waals surface area contributed by atoms with Crippen molar-refractivity contribution in [2.24, 2.45) is 5.41 Å². The van der Waals surface area contributed by atoms with Crippen molar-refractivity contribution in [1.29, 1.82) is 0 Å². The molecular formula is C16H22N2O3. The van der Waals surface area contributed by atoms with E-state index in [-0.39, 0.29) is 5.41 Å². The number of hydrogen-bond donors (Lipinski definition) is 3. The molecule has 1 unspecified atom stereocenters. The Hall–Kier alpha value is -2.04. The molecule has 2 amide bonds. The lowest BCUT2D eigenvalue weighted by Gasteiger charge is -2.18. The van der Waals surface area contributed by atoms with Crippen LogP contribution < -0.4 is 10.6 Å². The summed E-state index contributed by atoms with van der Waals surface area (Å²) in [4.78, 5) is 23.2. The van der Waals surface area contributed by atoms with Crippen molar-refractivity contribution in [2.75, 3.05) is 6.54 Å². The minimum absolute atomic E-state index is 0.248. The maximum Gasteiger partial charge on any atom is 0.330 e. The topological polar surface area (TPSA) is 78.4 Å². The van der Waals surface area contributed by atoms with Gasteiger partial charge in [-0.2, -0.15) is 0 Å². The molecular weight excluding hydrogens is 268 g/mol. The van der Waals surface area contributed by atoms with E-state index in [1.54, 1.807) is 24.3 Å². The number of aliphatic carboxylic acids is 1. The lowest BCUT2D eigenvalue weighted by molar-refractivity contribution is -0.139. The maximum atomic E-state index is 11.9. The van der Waals surface area contributed by atoms with E-state index in [0.29, 0.717) is 12.1 Å². The number of rotatable bonds is 7. The molecule has 1 fully saturated rings. The Balaban J connectivity index is 1.89. The number of carbonyl (C=O) groups excluding carboxylic acids is 1. The maximum absolute atomic E-state index is 11.9. The highest BCUT2D eigenvalue weighted by Gasteiger charge is 2.41. The number of carbonyl (C=O) groups is 2. The Morgan fingerprint density at radius 1 is 1.29 bits per heavy atom. The average Bonchev–Trinajstić information content (AvgIpc) is 3.24. The molecule has 1 aromatic rings. The Morgan fingerprint density at radius 2 is 1.95 bits per heavy atom. The quantitative estimate of drug-likeness (QED) is 0.722. The van der Waals surface area contributed by atoms with E-state index in [1.165, 1.54) is 0 Å². The lowest BCUT2D eigenvalue weighted by atomic mass is 10.0. The van der Waals surface area contributed by atoms with Crippen LogP contribution in [-0.2, 0) is 4.79 Å². The van der Waals surface area contributed by atoms with E-state index >= 15 is 0 Å². The largest absolute Gasteiger partial charge is 0.479 e. The van der Waals surface area contributed by atoms with Crippen LogP contribution >= 0.6 is 0 Å². The molecule has 1 atom stereocenters. The van der Waals surface area contributed by atoms with Gasteiger partial charge in [-0.05, 0) is 30.2 Å². The molecule has 21 heavy (non-hydrogen) atoms. The van der Waals surface area contributed by atoms with Gasteiger partial charge in [0.2, 0.25) is 0 Å². The fourth-order valence-electron chi connectivity index (χ4n) is 2.61. The van der Waals surface area contributed by atoms with Crippen molar-refractivity contribution in [3.8, 4) is 0 Å². The summed E-state index contributed by atoms with van der Waals surface area (Å²) in [6, 6.07) is 7.26. The number of carboxylic acids is 1. The summed E-state index contributed by atoms with van der Waals surface area (Å²) in [7, 11) is 0. The Bertz CT molecular complexity index is 498. The summed E-state index contributed by atoms with van der Waals surface area (Å²) < 4.78 is 0. The van der Waals surface area contributed by atoms with Gasteiger partial charge in [-0.3, -0.25) is 0 Å². The van der Waals surface area contributed by atoms with E-state index < -0.39 is 18.0 Å². The summed E-state index contributed by atoms with van der Waals surface area (Å²) in [5.41, 5.74) is 0.812. The summed E-state index contributed by atoms with van der Waals surface area (Å²) in [5.74, 6) is -1.06. The highest BCUT2D eigenvalue weighted by atomic mass is 16.4. The van der Waals surface area contributed by atoms with Gasteiger partial charge in [-0.15, -0.1) is 0 Å². The third-order valence-corrected chi connectivity index (χ3v) is 4.02. The first-order chi connectivity index (χ1) is 10.1. The monoisotopic (exact) mass is 290 g/mol. The molecule has 5 heteroatoms. The molecule has 5 nitrogen and oxygen atoms in total. The summed E-state index contributed by atoms with van der Waals surface area (Å²) in [5, 5.41) is 14.6. The van der Waals surface area contributed by atoms with Gasteiger partial charge >= 0.3 is 12.0 Å². The molecule has 0 saturated heterocycles. The third kappa shape index (κ3) is 4.21. The molecule has 0 spiro atoms. The third-order valence-electron chi connectivity index (χ3n) is 4.02. The summed E-state index contributed by atoms with van der Waals surface area (Å²) in [6.07, 6.45) is 4.49. The molecule has 1 aliphatic rings. The van der Waals surface area contributed by atoms with Crippen LogP contribution in [0.5, 0.6) is 0 Å². The smallest absolute Gasteiger partial charge is 0.330 e. The molecule has 0 heterocycles. The first-order valence-corrected chi connectivity index (χ1v) is 7.38. The second-order valence-electron chi connectivity index (χ2n) is 5.76. The van der Waals surface area contributed by atoms with Crippen molar-refractivity contribution in [3.63, 3.8) is 0 Å². The van der Waals surface area contributed by atoms with Crippen LogP contribution in [0.1, 0.15) is 44.2 Å². The summed E-state index contributed by atoms with van der Waals surface area (Å²) >= 11 is 0. The predicted molar refractivity (Wildman–Crippen MR) is 79.9 cm³/mol. The average molecular weight is 290 g/mol. The van der Waals surface area contributed by atoms with Gasteiger partial charge in [-0.1, -0.05) is 43.7 Å². The van der Waals surface area contributed by atoms with Crippen LogP contribution in [0.15, 0.2) is 30.3 Å². The van der Waals surface area contributed by atoms with Crippen LogP contribution in [0.3, 0.4) is 0 Å². The van der Waals surface area contributed by atoms with Gasteiger partial charge in [0.1, 0.15) is 0 Å². The zero-order valence-corrected chi connectivity index (χ0v) is 12.3. The van der Waals surface area contributed by atoms with Gasteiger partial charge < -0.3 is 15.7 Å². The number of benzene rings is 1. The van der Waals surface area contributed by atoms with E-state index in [9.17, 15) is 14.7 Å². The molecule has 1 aliphatic carbocycles. The zero-order valence-electron chi connectivity index (χ0n) is 12.3. The predicted octanol–water partition coefficient (Wildman–Crippen LogP) is 2.69. The Kier molecular flexibility index (Phi) is 4.83. The molecule has 0 bridgehead atoms. The van der Waals surface area contributed by atoms with E-state index in [1.807, 2.05) is 6.07 Å². The first kappa shape index (κ1) is 15.4. The van der Waals surface area contributed by atoms with Crippen molar-refractivity contribution in [3.05, 3.63) is 35.9 Å². The molecule has 3 N–H and O–H groups in total. The fourth-order valence-corrected chi connectivity index (χ4v) is 2.61. The number of hydrogen-bond acceptors (Lipinski definition) is 2. The lowest BCUT2D eigenvalue weighted by Crippen LogP contribution is -2.42. The normalized spacial score (nSPS) is 16.8. The Morgan fingerprint density at radius 3 is 2.48 bits per heavy atom. The van der Waals surface area contributed by atoms with Crippen molar-refractivity contribution >= 4 is 12.0 Å². The highest BCUT2D eigenvalue weighted by molar-refractivity contribution is 5.83. The van der Waals surface area contributed by atoms with Crippen molar-refractivity contribution < 1.29 is 14.7 Å². The van der Waals surface area contributed by atoms with Crippen LogP contribution in [0.2, 0.25) is 0 Å². The second-order valence-corrected chi connectivity index (χ2v) is 5.76. The van der Waals surface area contributed by atoms with E-state index in [0.717, 1.165) is 25.7 Å². The van der Waals surface area contributed by atoms with E-state index in [2.05, 4.69) is 17.6 Å². The molecule has 0 aromatic heterocycles. The number of carboxylic acid groups (broad SMARTS) is 1. The molecule has 0 aliphatic heterocycles. The summed E-state index contributed by atoms with van der Waals surface area (Å²) in [6.45, 7) is 2.75. The van der Waals surface area contributed by atoms with Crippen LogP contribution in [0.4, 0.5) is 4.79 Å². The van der Waals surface area contributed by atoms with Gasteiger partial charge in [0.05, 0.1) is 0 Å². The second kappa shape index (κ2) is 6.61. The number of amides is 2. The highest BCUT2D eigenvalue weighted by Crippen LogP contribution is 2.48. The molecule has 2 rings (SSSR count). The number of nitrogens with one attached hydrogen (secondary N) is 2. The van der Waals surface area contributed by atoms with Gasteiger partial charge in [0.15, 0.2) is 6.04 Å². The van der Waals surface area contributed by atoms with Crippen molar-refractivity contribution in [2.45, 2.75) is 38.6 Å². The minimum atomic E-state index is -1.06. The van der Waals surface area contributed by atoms with Crippen molar-refractivity contribution in [1.82, 2.24) is 10.6 Å². The number of urea groups is 1. The SMILES string of the molecule is CCCC1(CNC(=O)NC(C(=O)O)c2ccccc2)CC1. The van der Waals surface area contributed by atoms with Gasteiger partial charge in [-0.25, -0.2) is 9.59 Å². The van der Waals surface area contributed by atoms with Crippen LogP contribution in [-0.4, -0.2) is 23.7 Å². The first-order valence-electron chi connectivity index (χ1n) is 7.38. The Labute approximate surface area is 124 Å². The van der Waals surface area contributed by atoms with Gasteiger partial charge in [0, 0.05) is 6.54 Å². The molecule has 0 radical (unpaired) electrons. The van der Waals surface area contributed by atoms with Crippen LogP contribution in [0.25, 0.3) is 0 Å². The van der Waals surface area contributed by atoms with E-state index in [4.69, 9.17) is 0 Å². The molecule has 1 saturated carbocycles. The fraction of sp³-hybridized carbons (Fsp3) is 0.500. The van der Waals surface area contributed by atoms with Gasteiger partial charge in [0.25, 0.3) is 0 Å². The zero-order chi connectivity index (χ0) is 15.3. The van der Waals surface area contributed by atoms with Crippen LogP contribution in [0, 0.1) is 5.41 Å². The molecule has 114 valence electrons. The molecule has 1 aromatic carbocycles. The standard InChI is InChI=1S/C16H22N2O3/c1-2-8-16(9-10-16)11-17-15(21)18-13(14(19)20)12-6-4-3-5-7-12/h3-7,13H,2,8-11H2,1H3,(H,19,20)(H2,17,18,21).